The molecule has 0 radical (unpaired) electrons. The zero-order valence-corrected chi connectivity index (χ0v) is 13.7. The third-order valence-corrected chi connectivity index (χ3v) is 4.85. The number of ether oxygens (including phenoxy) is 1. The number of nitrogens with zero attached hydrogens (tertiary/aromatic N) is 1. The maximum absolute atomic E-state index is 12.4. The summed E-state index contributed by atoms with van der Waals surface area (Å²) in [5.74, 6) is -2.10. The largest absolute Gasteiger partial charge is 0.456 e. The molecule has 134 valence electrons. The molecule has 2 rings (SSSR count). The summed E-state index contributed by atoms with van der Waals surface area (Å²) in [7, 11) is -4.59. The van der Waals surface area contributed by atoms with E-state index in [4.69, 9.17) is 16.3 Å². The van der Waals surface area contributed by atoms with Gasteiger partial charge in [-0.15, -0.1) is 0 Å². The maximum Gasteiger partial charge on any atom is 0.403 e. The molecule has 0 aliphatic carbocycles. The number of sulfone groups is 1. The molecular weight excluding hydrogens is 387 g/mol. The molecular formula is C14H9ClF3NO5S. The predicted molar refractivity (Wildman–Crippen MR) is 82.7 cm³/mol. The molecule has 0 amide bonds. The van der Waals surface area contributed by atoms with Crippen LogP contribution in [0.3, 0.4) is 0 Å². The van der Waals surface area contributed by atoms with Crippen molar-refractivity contribution >= 4 is 27.1 Å². The van der Waals surface area contributed by atoms with Gasteiger partial charge < -0.3 is 4.74 Å². The van der Waals surface area contributed by atoms with Gasteiger partial charge in [-0.1, -0.05) is 17.7 Å². The molecule has 0 unspecified atom stereocenters. The number of nitro benzene ring substituents is 1. The van der Waals surface area contributed by atoms with Crippen LogP contribution >= 0.6 is 11.6 Å². The Kier molecular flexibility index (Phi) is 5.23. The van der Waals surface area contributed by atoms with E-state index in [1.807, 2.05) is 0 Å². The number of halogens is 4. The van der Waals surface area contributed by atoms with Crippen molar-refractivity contribution in [3.63, 3.8) is 0 Å². The lowest BCUT2D eigenvalue weighted by Gasteiger charge is -2.11. The molecule has 0 heterocycles. The summed E-state index contributed by atoms with van der Waals surface area (Å²) in [6.07, 6.45) is -4.88. The average Bonchev–Trinajstić information content (AvgIpc) is 2.47. The van der Waals surface area contributed by atoms with Crippen LogP contribution in [0.15, 0.2) is 47.4 Å². The summed E-state index contributed by atoms with van der Waals surface area (Å²) in [6, 6.07) is 7.77. The summed E-state index contributed by atoms with van der Waals surface area (Å²) >= 11 is 5.84. The minimum Gasteiger partial charge on any atom is -0.456 e. The Labute approximate surface area is 144 Å². The molecule has 6 nitrogen and oxygen atoms in total. The van der Waals surface area contributed by atoms with Gasteiger partial charge in [0.1, 0.15) is 11.5 Å². The standard InChI is InChI=1S/C14H9ClF3NO5S/c15-12-6-9(19(20)21)4-5-13(12)24-10-2-1-3-11(7-10)25(22,23)8-14(16,17)18/h1-7H,8H2. The number of hydrogen-bond donors (Lipinski definition) is 0. The molecule has 0 aliphatic heterocycles. The van der Waals surface area contributed by atoms with Crippen molar-refractivity contribution in [1.82, 2.24) is 0 Å². The van der Waals surface area contributed by atoms with Gasteiger partial charge >= 0.3 is 6.18 Å². The normalized spacial score (nSPS) is 12.0. The van der Waals surface area contributed by atoms with Crippen LogP contribution in [0.2, 0.25) is 5.02 Å². The van der Waals surface area contributed by atoms with Gasteiger partial charge in [-0.3, -0.25) is 10.1 Å². The molecule has 2 aromatic carbocycles. The number of alkyl halides is 3. The smallest absolute Gasteiger partial charge is 0.403 e. The second kappa shape index (κ2) is 6.89. The van der Waals surface area contributed by atoms with E-state index in [-0.39, 0.29) is 22.2 Å². The van der Waals surface area contributed by atoms with Crippen LogP contribution in [-0.2, 0) is 9.84 Å². The Morgan fingerprint density at radius 3 is 2.40 bits per heavy atom. The number of nitro groups is 1. The summed E-state index contributed by atoms with van der Waals surface area (Å²) in [4.78, 5) is 9.40. The van der Waals surface area contributed by atoms with Gasteiger partial charge in [0.05, 0.1) is 14.8 Å². The highest BCUT2D eigenvalue weighted by Crippen LogP contribution is 2.33. The highest BCUT2D eigenvalue weighted by molar-refractivity contribution is 7.91. The predicted octanol–water partition coefficient (Wildman–Crippen LogP) is 4.38. The third-order valence-electron chi connectivity index (χ3n) is 2.87. The number of hydrogen-bond acceptors (Lipinski definition) is 5. The molecule has 0 aliphatic rings. The van der Waals surface area contributed by atoms with E-state index in [9.17, 15) is 31.7 Å². The van der Waals surface area contributed by atoms with Crippen molar-refractivity contribution in [1.29, 1.82) is 0 Å². The molecule has 25 heavy (non-hydrogen) atoms. The average molecular weight is 396 g/mol. The molecule has 0 saturated carbocycles. The lowest BCUT2D eigenvalue weighted by molar-refractivity contribution is -0.384. The zero-order chi connectivity index (χ0) is 18.8. The molecule has 0 N–H and O–H groups in total. The van der Waals surface area contributed by atoms with Crippen LogP contribution in [0.4, 0.5) is 18.9 Å². The monoisotopic (exact) mass is 395 g/mol. The highest BCUT2D eigenvalue weighted by atomic mass is 35.5. The van der Waals surface area contributed by atoms with Crippen molar-refractivity contribution < 1.29 is 31.2 Å². The molecule has 0 aromatic heterocycles. The van der Waals surface area contributed by atoms with E-state index in [2.05, 4.69) is 0 Å². The van der Waals surface area contributed by atoms with Crippen LogP contribution < -0.4 is 4.74 Å². The first-order valence-corrected chi connectivity index (χ1v) is 8.52. The second-order valence-corrected chi connectivity index (χ2v) is 7.22. The van der Waals surface area contributed by atoms with E-state index in [0.29, 0.717) is 0 Å². The lowest BCUT2D eigenvalue weighted by atomic mass is 10.3. The van der Waals surface area contributed by atoms with E-state index in [0.717, 1.165) is 24.3 Å². The summed E-state index contributed by atoms with van der Waals surface area (Å²) in [5, 5.41) is 10.5. The molecule has 0 atom stereocenters. The van der Waals surface area contributed by atoms with Crippen LogP contribution in [0.25, 0.3) is 0 Å². The van der Waals surface area contributed by atoms with Gasteiger partial charge in [0.25, 0.3) is 5.69 Å². The molecule has 2 aromatic rings. The van der Waals surface area contributed by atoms with Crippen molar-refractivity contribution in [3.8, 4) is 11.5 Å². The van der Waals surface area contributed by atoms with E-state index in [1.165, 1.54) is 18.2 Å². The van der Waals surface area contributed by atoms with Gasteiger partial charge in [0, 0.05) is 12.1 Å². The minimum absolute atomic E-state index is 0.0161. The van der Waals surface area contributed by atoms with Crippen molar-refractivity contribution in [2.24, 2.45) is 0 Å². The number of benzene rings is 2. The summed E-state index contributed by atoms with van der Waals surface area (Å²) < 4.78 is 65.9. The fourth-order valence-electron chi connectivity index (χ4n) is 1.84. The lowest BCUT2D eigenvalue weighted by Crippen LogP contribution is -2.22. The van der Waals surface area contributed by atoms with Crippen molar-refractivity contribution in [2.75, 3.05) is 5.75 Å². The highest BCUT2D eigenvalue weighted by Gasteiger charge is 2.36. The fraction of sp³-hybridized carbons (Fsp3) is 0.143. The Hall–Kier alpha value is -2.33. The Bertz CT molecular complexity index is 915. The molecule has 11 heteroatoms. The van der Waals surface area contributed by atoms with Crippen molar-refractivity contribution in [3.05, 3.63) is 57.6 Å². The van der Waals surface area contributed by atoms with Crippen LogP contribution in [0.5, 0.6) is 11.5 Å². The molecule has 0 saturated heterocycles. The van der Waals surface area contributed by atoms with Gasteiger partial charge in [0.2, 0.25) is 0 Å². The van der Waals surface area contributed by atoms with Crippen LogP contribution in [-0.4, -0.2) is 25.3 Å². The first-order valence-electron chi connectivity index (χ1n) is 6.49. The maximum atomic E-state index is 12.4. The topological polar surface area (TPSA) is 86.5 Å². The van der Waals surface area contributed by atoms with Gasteiger partial charge in [-0.05, 0) is 24.3 Å². The Morgan fingerprint density at radius 2 is 1.84 bits per heavy atom. The first-order chi connectivity index (χ1) is 11.5. The van der Waals surface area contributed by atoms with Gasteiger partial charge in [-0.2, -0.15) is 13.2 Å². The minimum atomic E-state index is -4.88. The van der Waals surface area contributed by atoms with E-state index in [1.54, 1.807) is 0 Å². The molecule has 0 fully saturated rings. The molecule has 0 bridgehead atoms. The number of non-ortho nitro benzene ring substituents is 1. The van der Waals surface area contributed by atoms with E-state index >= 15 is 0 Å². The SMILES string of the molecule is O=[N+]([O-])c1ccc(Oc2cccc(S(=O)(=O)CC(F)(F)F)c2)c(Cl)c1. The third kappa shape index (κ3) is 5.07. The van der Waals surface area contributed by atoms with Crippen molar-refractivity contribution in [2.45, 2.75) is 11.1 Å². The van der Waals surface area contributed by atoms with Gasteiger partial charge in [0.15, 0.2) is 15.6 Å². The second-order valence-electron chi connectivity index (χ2n) is 4.82. The van der Waals surface area contributed by atoms with Gasteiger partial charge in [-0.25, -0.2) is 8.42 Å². The quantitative estimate of drug-likeness (QED) is 0.554. The van der Waals surface area contributed by atoms with Crippen LogP contribution in [0.1, 0.15) is 0 Å². The number of rotatable bonds is 5. The molecule has 0 spiro atoms. The Morgan fingerprint density at radius 1 is 1.16 bits per heavy atom. The fourth-order valence-corrected chi connectivity index (χ4v) is 3.24. The van der Waals surface area contributed by atoms with Crippen LogP contribution in [0, 0.1) is 10.1 Å². The Balaban J connectivity index is 2.30. The zero-order valence-electron chi connectivity index (χ0n) is 12.2. The first kappa shape index (κ1) is 19.0. The summed E-state index contributed by atoms with van der Waals surface area (Å²) in [6.45, 7) is 0. The summed E-state index contributed by atoms with van der Waals surface area (Å²) in [5.41, 5.74) is -0.279. The van der Waals surface area contributed by atoms with E-state index < -0.39 is 31.6 Å².